The van der Waals surface area contributed by atoms with E-state index in [0.717, 1.165) is 11.3 Å². The largest absolute Gasteiger partial charge is 0.399 e. The van der Waals surface area contributed by atoms with Gasteiger partial charge in [0.1, 0.15) is 5.78 Å². The second-order valence-electron chi connectivity index (χ2n) is 4.06. The van der Waals surface area contributed by atoms with Crippen LogP contribution in [0.1, 0.15) is 25.8 Å². The van der Waals surface area contributed by atoms with Gasteiger partial charge in [0.05, 0.1) is 0 Å². The van der Waals surface area contributed by atoms with Gasteiger partial charge in [0.2, 0.25) is 0 Å². The van der Waals surface area contributed by atoms with Crippen molar-refractivity contribution in [2.45, 2.75) is 26.7 Å². The molecular formula is C12H17NO. The molecule has 0 aliphatic rings. The molecule has 0 radical (unpaired) electrons. The fourth-order valence-corrected chi connectivity index (χ4v) is 1.39. The summed E-state index contributed by atoms with van der Waals surface area (Å²) in [6.45, 7) is 4.11. The zero-order valence-electron chi connectivity index (χ0n) is 8.79. The van der Waals surface area contributed by atoms with Crippen molar-refractivity contribution in [1.82, 2.24) is 0 Å². The van der Waals surface area contributed by atoms with Crippen LogP contribution in [0.4, 0.5) is 5.69 Å². The molecule has 0 heterocycles. The number of nitrogen functional groups attached to an aromatic ring is 1. The fourth-order valence-electron chi connectivity index (χ4n) is 1.39. The van der Waals surface area contributed by atoms with Gasteiger partial charge in [-0.2, -0.15) is 0 Å². The average Bonchev–Trinajstić information content (AvgIpc) is 2.07. The molecule has 1 rings (SSSR count). The highest BCUT2D eigenvalue weighted by atomic mass is 16.1. The minimum absolute atomic E-state index is 0.296. The zero-order chi connectivity index (χ0) is 10.6. The normalized spacial score (nSPS) is 10.5. The summed E-state index contributed by atoms with van der Waals surface area (Å²) in [5, 5.41) is 0. The number of rotatable bonds is 4. The van der Waals surface area contributed by atoms with E-state index >= 15 is 0 Å². The Morgan fingerprint density at radius 2 is 1.86 bits per heavy atom. The molecular weight excluding hydrogens is 174 g/mol. The molecule has 0 aliphatic carbocycles. The summed E-state index contributed by atoms with van der Waals surface area (Å²) in [5.74, 6) is 0.737. The molecule has 0 atom stereocenters. The first kappa shape index (κ1) is 10.8. The minimum Gasteiger partial charge on any atom is -0.399 e. The highest BCUT2D eigenvalue weighted by Gasteiger charge is 2.05. The molecule has 2 N–H and O–H groups in total. The number of carbonyl (C=O) groups is 1. The van der Waals surface area contributed by atoms with E-state index in [4.69, 9.17) is 5.73 Å². The molecule has 76 valence electrons. The Hall–Kier alpha value is -1.31. The van der Waals surface area contributed by atoms with Crippen molar-refractivity contribution < 1.29 is 4.79 Å². The van der Waals surface area contributed by atoms with Crippen molar-refractivity contribution in [3.63, 3.8) is 0 Å². The SMILES string of the molecule is CC(C)CC(=O)Cc1ccc(N)cc1. The van der Waals surface area contributed by atoms with Crippen LogP contribution in [0.25, 0.3) is 0 Å². The van der Waals surface area contributed by atoms with Crippen LogP contribution in [0.3, 0.4) is 0 Å². The molecule has 0 amide bonds. The van der Waals surface area contributed by atoms with Gasteiger partial charge in [-0.3, -0.25) is 4.79 Å². The van der Waals surface area contributed by atoms with Crippen LogP contribution in [0.2, 0.25) is 0 Å². The van der Waals surface area contributed by atoms with Gasteiger partial charge in [-0.05, 0) is 23.6 Å². The number of Topliss-reactive ketones (excluding diaryl/α,β-unsaturated/α-hetero) is 1. The summed E-state index contributed by atoms with van der Waals surface area (Å²) >= 11 is 0. The van der Waals surface area contributed by atoms with Crippen LogP contribution in [0.5, 0.6) is 0 Å². The maximum absolute atomic E-state index is 11.5. The summed E-state index contributed by atoms with van der Waals surface area (Å²) in [4.78, 5) is 11.5. The Bertz CT molecular complexity index is 301. The summed E-state index contributed by atoms with van der Waals surface area (Å²) in [6.07, 6.45) is 1.18. The van der Waals surface area contributed by atoms with E-state index in [1.165, 1.54) is 0 Å². The number of hydrogen-bond donors (Lipinski definition) is 1. The van der Waals surface area contributed by atoms with Crippen molar-refractivity contribution >= 4 is 11.5 Å². The molecule has 1 aromatic carbocycles. The van der Waals surface area contributed by atoms with E-state index in [1.54, 1.807) is 0 Å². The molecule has 14 heavy (non-hydrogen) atoms. The van der Waals surface area contributed by atoms with Crippen LogP contribution in [0, 0.1) is 5.92 Å². The number of benzene rings is 1. The van der Waals surface area contributed by atoms with E-state index in [-0.39, 0.29) is 0 Å². The Labute approximate surface area is 85.1 Å². The lowest BCUT2D eigenvalue weighted by Gasteiger charge is -2.04. The second kappa shape index (κ2) is 4.80. The van der Waals surface area contributed by atoms with Crippen molar-refractivity contribution in [3.05, 3.63) is 29.8 Å². The first-order valence-corrected chi connectivity index (χ1v) is 4.94. The Kier molecular flexibility index (Phi) is 3.69. The molecule has 0 spiro atoms. The quantitative estimate of drug-likeness (QED) is 0.743. The van der Waals surface area contributed by atoms with Crippen LogP contribution >= 0.6 is 0 Å². The molecule has 0 aliphatic heterocycles. The van der Waals surface area contributed by atoms with E-state index in [2.05, 4.69) is 13.8 Å². The lowest BCUT2D eigenvalue weighted by molar-refractivity contribution is -0.119. The average molecular weight is 191 g/mol. The molecule has 0 unspecified atom stereocenters. The third-order valence-corrected chi connectivity index (χ3v) is 2.02. The number of ketones is 1. The summed E-state index contributed by atoms with van der Waals surface area (Å²) in [6, 6.07) is 7.48. The topological polar surface area (TPSA) is 43.1 Å². The lowest BCUT2D eigenvalue weighted by atomic mass is 10.0. The molecule has 1 aromatic rings. The highest BCUT2D eigenvalue weighted by Crippen LogP contribution is 2.09. The van der Waals surface area contributed by atoms with Gasteiger partial charge in [0.25, 0.3) is 0 Å². The van der Waals surface area contributed by atoms with E-state index < -0.39 is 0 Å². The molecule has 0 aromatic heterocycles. The van der Waals surface area contributed by atoms with Gasteiger partial charge < -0.3 is 5.73 Å². The Balaban J connectivity index is 2.52. The summed E-state index contributed by atoms with van der Waals surface area (Å²) in [5.41, 5.74) is 7.34. The van der Waals surface area contributed by atoms with Gasteiger partial charge in [-0.15, -0.1) is 0 Å². The predicted octanol–water partition coefficient (Wildman–Crippen LogP) is 2.43. The Morgan fingerprint density at radius 1 is 1.29 bits per heavy atom. The van der Waals surface area contributed by atoms with Gasteiger partial charge >= 0.3 is 0 Å². The first-order valence-electron chi connectivity index (χ1n) is 4.94. The van der Waals surface area contributed by atoms with E-state index in [1.807, 2.05) is 24.3 Å². The van der Waals surface area contributed by atoms with E-state index in [0.29, 0.717) is 24.5 Å². The predicted molar refractivity (Wildman–Crippen MR) is 59.0 cm³/mol. The maximum Gasteiger partial charge on any atom is 0.137 e. The van der Waals surface area contributed by atoms with Crippen LogP contribution < -0.4 is 5.73 Å². The number of anilines is 1. The van der Waals surface area contributed by atoms with Crippen molar-refractivity contribution in [2.75, 3.05) is 5.73 Å². The number of nitrogens with two attached hydrogens (primary N) is 1. The third-order valence-electron chi connectivity index (χ3n) is 2.02. The third kappa shape index (κ3) is 3.60. The van der Waals surface area contributed by atoms with Crippen molar-refractivity contribution in [3.8, 4) is 0 Å². The summed E-state index contributed by atoms with van der Waals surface area (Å²) < 4.78 is 0. The summed E-state index contributed by atoms with van der Waals surface area (Å²) in [7, 11) is 0. The highest BCUT2D eigenvalue weighted by molar-refractivity contribution is 5.81. The van der Waals surface area contributed by atoms with Crippen molar-refractivity contribution in [1.29, 1.82) is 0 Å². The molecule has 0 saturated heterocycles. The van der Waals surface area contributed by atoms with Crippen molar-refractivity contribution in [2.24, 2.45) is 5.92 Å². The second-order valence-corrected chi connectivity index (χ2v) is 4.06. The molecule has 0 saturated carbocycles. The smallest absolute Gasteiger partial charge is 0.137 e. The molecule has 0 bridgehead atoms. The van der Waals surface area contributed by atoms with E-state index in [9.17, 15) is 4.79 Å². The molecule has 2 nitrogen and oxygen atoms in total. The zero-order valence-corrected chi connectivity index (χ0v) is 8.79. The lowest BCUT2D eigenvalue weighted by Crippen LogP contribution is -2.06. The van der Waals surface area contributed by atoms with Crippen LogP contribution in [-0.2, 0) is 11.2 Å². The van der Waals surface area contributed by atoms with Gasteiger partial charge in [-0.25, -0.2) is 0 Å². The molecule has 0 fully saturated rings. The minimum atomic E-state index is 0.296. The first-order chi connectivity index (χ1) is 6.58. The standard InChI is InChI=1S/C12H17NO/c1-9(2)7-12(14)8-10-3-5-11(13)6-4-10/h3-6,9H,7-8,13H2,1-2H3. The van der Waals surface area contributed by atoms with Gasteiger partial charge in [-0.1, -0.05) is 26.0 Å². The molecule has 2 heteroatoms. The van der Waals surface area contributed by atoms with Crippen LogP contribution in [0.15, 0.2) is 24.3 Å². The van der Waals surface area contributed by atoms with Crippen LogP contribution in [-0.4, -0.2) is 5.78 Å². The van der Waals surface area contributed by atoms with Gasteiger partial charge in [0, 0.05) is 18.5 Å². The number of carbonyl (C=O) groups excluding carboxylic acids is 1. The fraction of sp³-hybridized carbons (Fsp3) is 0.417. The Morgan fingerprint density at radius 3 is 2.36 bits per heavy atom. The van der Waals surface area contributed by atoms with Gasteiger partial charge in [0.15, 0.2) is 0 Å². The maximum atomic E-state index is 11.5. The number of hydrogen-bond acceptors (Lipinski definition) is 2. The monoisotopic (exact) mass is 191 g/mol.